The van der Waals surface area contributed by atoms with Crippen molar-refractivity contribution in [2.24, 2.45) is 17.8 Å². The van der Waals surface area contributed by atoms with E-state index in [0.29, 0.717) is 0 Å². The third-order valence-electron chi connectivity index (χ3n) is 5.12. The van der Waals surface area contributed by atoms with Gasteiger partial charge in [0.25, 0.3) is 0 Å². The quantitative estimate of drug-likeness (QED) is 0.896. The van der Waals surface area contributed by atoms with Gasteiger partial charge in [-0.15, -0.1) is 0 Å². The Hall–Kier alpha value is -1.32. The van der Waals surface area contributed by atoms with Crippen LogP contribution in [0.5, 0.6) is 0 Å². The Morgan fingerprint density at radius 1 is 1.30 bits per heavy atom. The van der Waals surface area contributed by atoms with E-state index >= 15 is 0 Å². The maximum Gasteiger partial charge on any atom is 0.134 e. The number of anilines is 2. The number of nitrogens with one attached hydrogen (secondary N) is 1. The molecular weight excluding hydrogens is 248 g/mol. The second-order valence-corrected chi connectivity index (χ2v) is 6.45. The van der Waals surface area contributed by atoms with Crippen LogP contribution < -0.4 is 10.2 Å². The second-order valence-electron chi connectivity index (χ2n) is 6.45. The van der Waals surface area contributed by atoms with E-state index in [-0.39, 0.29) is 0 Å². The molecule has 2 bridgehead atoms. The van der Waals surface area contributed by atoms with Crippen LogP contribution in [0.4, 0.5) is 11.6 Å². The van der Waals surface area contributed by atoms with Crippen LogP contribution in [0.15, 0.2) is 6.07 Å². The van der Waals surface area contributed by atoms with Gasteiger partial charge in [-0.2, -0.15) is 0 Å². The monoisotopic (exact) mass is 274 g/mol. The van der Waals surface area contributed by atoms with Crippen molar-refractivity contribution in [2.75, 3.05) is 30.9 Å². The number of rotatable bonds is 5. The van der Waals surface area contributed by atoms with Gasteiger partial charge in [0.05, 0.1) is 0 Å². The normalized spacial score (nSPS) is 27.9. The van der Waals surface area contributed by atoms with Crippen molar-refractivity contribution in [3.05, 3.63) is 11.9 Å². The fourth-order valence-corrected chi connectivity index (χ4v) is 4.01. The van der Waals surface area contributed by atoms with Crippen molar-refractivity contribution in [2.45, 2.75) is 39.0 Å². The molecule has 0 amide bonds. The number of hydrogen-bond acceptors (Lipinski definition) is 4. The summed E-state index contributed by atoms with van der Waals surface area (Å²) in [5.74, 6) is 5.76. The molecule has 0 radical (unpaired) electrons. The number of nitrogens with zero attached hydrogens (tertiary/aromatic N) is 3. The van der Waals surface area contributed by atoms with Crippen molar-refractivity contribution in [1.29, 1.82) is 0 Å². The Morgan fingerprint density at radius 2 is 2.15 bits per heavy atom. The SMILES string of the molecule is CCc1nc(NC)cc(N(C)CC2CC3CCC2C3)n1. The van der Waals surface area contributed by atoms with Crippen LogP contribution in [-0.2, 0) is 6.42 Å². The summed E-state index contributed by atoms with van der Waals surface area (Å²) in [6, 6.07) is 2.06. The van der Waals surface area contributed by atoms with Crippen LogP contribution in [0.25, 0.3) is 0 Å². The summed E-state index contributed by atoms with van der Waals surface area (Å²) in [6.07, 6.45) is 6.71. The molecule has 2 aliphatic rings. The number of aromatic nitrogens is 2. The summed E-state index contributed by atoms with van der Waals surface area (Å²) in [6.45, 7) is 3.25. The smallest absolute Gasteiger partial charge is 0.134 e. The van der Waals surface area contributed by atoms with Crippen LogP contribution in [-0.4, -0.2) is 30.6 Å². The molecular formula is C16H26N4. The first-order valence-corrected chi connectivity index (χ1v) is 7.96. The molecule has 3 unspecified atom stereocenters. The molecule has 2 saturated carbocycles. The minimum absolute atomic E-state index is 0.872. The summed E-state index contributed by atoms with van der Waals surface area (Å²) >= 11 is 0. The van der Waals surface area contributed by atoms with Crippen LogP contribution in [0.1, 0.15) is 38.4 Å². The van der Waals surface area contributed by atoms with Crippen LogP contribution in [0.3, 0.4) is 0 Å². The first-order valence-electron chi connectivity index (χ1n) is 7.96. The molecule has 20 heavy (non-hydrogen) atoms. The predicted octanol–water partition coefficient (Wildman–Crippen LogP) is 2.95. The fourth-order valence-electron chi connectivity index (χ4n) is 4.01. The molecule has 3 rings (SSSR count). The van der Waals surface area contributed by atoms with E-state index in [9.17, 15) is 0 Å². The van der Waals surface area contributed by atoms with Gasteiger partial charge in [0.15, 0.2) is 0 Å². The van der Waals surface area contributed by atoms with E-state index in [2.05, 4.69) is 40.2 Å². The molecule has 2 aliphatic carbocycles. The Labute approximate surface area is 122 Å². The Kier molecular flexibility index (Phi) is 3.81. The third kappa shape index (κ3) is 2.60. The number of fused-ring (bicyclic) bond motifs is 2. The zero-order valence-corrected chi connectivity index (χ0v) is 12.9. The Morgan fingerprint density at radius 3 is 2.75 bits per heavy atom. The lowest BCUT2D eigenvalue weighted by Gasteiger charge is -2.28. The third-order valence-corrected chi connectivity index (χ3v) is 5.12. The molecule has 1 heterocycles. The van der Waals surface area contributed by atoms with Gasteiger partial charge in [0, 0.05) is 33.1 Å². The number of hydrogen-bond donors (Lipinski definition) is 1. The minimum Gasteiger partial charge on any atom is -0.373 e. The molecule has 1 N–H and O–H groups in total. The van der Waals surface area contributed by atoms with Gasteiger partial charge < -0.3 is 10.2 Å². The van der Waals surface area contributed by atoms with Gasteiger partial charge in [0.1, 0.15) is 17.5 Å². The van der Waals surface area contributed by atoms with Crippen LogP contribution in [0.2, 0.25) is 0 Å². The molecule has 0 aliphatic heterocycles. The molecule has 0 saturated heterocycles. The minimum atomic E-state index is 0.872. The maximum atomic E-state index is 4.68. The molecule has 3 atom stereocenters. The average Bonchev–Trinajstić information content (AvgIpc) is 3.09. The van der Waals surface area contributed by atoms with E-state index in [1.165, 1.54) is 25.7 Å². The first kappa shape index (κ1) is 13.7. The summed E-state index contributed by atoms with van der Waals surface area (Å²) in [7, 11) is 4.09. The van der Waals surface area contributed by atoms with Gasteiger partial charge >= 0.3 is 0 Å². The number of aryl methyl sites for hydroxylation is 1. The Balaban J connectivity index is 1.71. The highest BCUT2D eigenvalue weighted by molar-refractivity contribution is 5.48. The van der Waals surface area contributed by atoms with Gasteiger partial charge in [-0.05, 0) is 37.0 Å². The maximum absolute atomic E-state index is 4.68. The van der Waals surface area contributed by atoms with Gasteiger partial charge in [-0.1, -0.05) is 13.3 Å². The fraction of sp³-hybridized carbons (Fsp3) is 0.750. The summed E-state index contributed by atoms with van der Waals surface area (Å²) in [5, 5.41) is 3.14. The lowest BCUT2D eigenvalue weighted by atomic mass is 9.88. The molecule has 4 heteroatoms. The lowest BCUT2D eigenvalue weighted by Crippen LogP contribution is -2.29. The standard InChI is InChI=1S/C16H26N4/c1-4-14-18-15(17-2)9-16(19-14)20(3)10-13-8-11-5-6-12(13)7-11/h9,11-13H,4-8,10H2,1-3H3,(H,17,18,19). The second kappa shape index (κ2) is 5.58. The first-order chi connectivity index (χ1) is 9.69. The van der Waals surface area contributed by atoms with E-state index in [1.807, 2.05) is 7.05 Å². The lowest BCUT2D eigenvalue weighted by molar-refractivity contribution is 0.337. The average molecular weight is 274 g/mol. The molecule has 1 aromatic rings. The van der Waals surface area contributed by atoms with Crippen LogP contribution >= 0.6 is 0 Å². The molecule has 4 nitrogen and oxygen atoms in total. The van der Waals surface area contributed by atoms with Gasteiger partial charge in [0.2, 0.25) is 0 Å². The largest absolute Gasteiger partial charge is 0.373 e. The van der Waals surface area contributed by atoms with E-state index in [0.717, 1.165) is 48.2 Å². The van der Waals surface area contributed by atoms with Crippen molar-refractivity contribution >= 4 is 11.6 Å². The van der Waals surface area contributed by atoms with E-state index in [4.69, 9.17) is 0 Å². The van der Waals surface area contributed by atoms with Gasteiger partial charge in [-0.3, -0.25) is 0 Å². The van der Waals surface area contributed by atoms with Crippen molar-refractivity contribution in [1.82, 2.24) is 9.97 Å². The molecule has 0 spiro atoms. The van der Waals surface area contributed by atoms with Crippen LogP contribution in [0, 0.1) is 17.8 Å². The Bertz CT molecular complexity index is 451. The highest BCUT2D eigenvalue weighted by Gasteiger charge is 2.39. The van der Waals surface area contributed by atoms with Crippen molar-refractivity contribution in [3.8, 4) is 0 Å². The van der Waals surface area contributed by atoms with E-state index < -0.39 is 0 Å². The summed E-state index contributed by atoms with van der Waals surface area (Å²) in [4.78, 5) is 11.5. The zero-order valence-electron chi connectivity index (χ0n) is 12.9. The van der Waals surface area contributed by atoms with Gasteiger partial charge in [-0.25, -0.2) is 9.97 Å². The van der Waals surface area contributed by atoms with Crippen molar-refractivity contribution < 1.29 is 0 Å². The predicted molar refractivity (Wildman–Crippen MR) is 83.2 cm³/mol. The van der Waals surface area contributed by atoms with E-state index in [1.54, 1.807) is 0 Å². The molecule has 2 fully saturated rings. The highest BCUT2D eigenvalue weighted by Crippen LogP contribution is 2.48. The summed E-state index contributed by atoms with van der Waals surface area (Å²) in [5.41, 5.74) is 0. The van der Waals surface area contributed by atoms with Crippen molar-refractivity contribution in [3.63, 3.8) is 0 Å². The zero-order chi connectivity index (χ0) is 14.1. The molecule has 0 aromatic carbocycles. The highest BCUT2D eigenvalue weighted by atomic mass is 15.2. The summed E-state index contributed by atoms with van der Waals surface area (Å²) < 4.78 is 0. The molecule has 1 aromatic heterocycles. The molecule has 110 valence electrons. The topological polar surface area (TPSA) is 41.1 Å².